The maximum Gasteiger partial charge on any atom is 0.416 e. The third-order valence-electron chi connectivity index (χ3n) is 4.19. The SMILES string of the molecule is CC(C)(C)OC(=O)N1c2ccccc2CC1c1ccc(C(F)(F)F)cc1. The molecule has 1 heterocycles. The Balaban J connectivity index is 1.96. The normalized spacial score (nSPS) is 17.2. The lowest BCUT2D eigenvalue weighted by atomic mass is 10.0. The summed E-state index contributed by atoms with van der Waals surface area (Å²) in [4.78, 5) is 14.3. The molecule has 1 atom stereocenters. The van der Waals surface area contributed by atoms with Crippen LogP contribution in [0.4, 0.5) is 23.7 Å². The summed E-state index contributed by atoms with van der Waals surface area (Å²) >= 11 is 0. The largest absolute Gasteiger partial charge is 0.443 e. The first-order chi connectivity index (χ1) is 12.1. The predicted molar refractivity (Wildman–Crippen MR) is 93.0 cm³/mol. The van der Waals surface area contributed by atoms with E-state index in [2.05, 4.69) is 0 Å². The molecule has 1 unspecified atom stereocenters. The van der Waals surface area contributed by atoms with Gasteiger partial charge in [-0.15, -0.1) is 0 Å². The van der Waals surface area contributed by atoms with Gasteiger partial charge in [0.1, 0.15) is 5.60 Å². The van der Waals surface area contributed by atoms with Gasteiger partial charge in [0.15, 0.2) is 0 Å². The van der Waals surface area contributed by atoms with Crippen molar-refractivity contribution in [3.63, 3.8) is 0 Å². The number of benzene rings is 2. The molecule has 0 spiro atoms. The fourth-order valence-electron chi connectivity index (χ4n) is 3.08. The number of para-hydroxylation sites is 1. The summed E-state index contributed by atoms with van der Waals surface area (Å²) in [5.41, 5.74) is 0.954. The number of halogens is 3. The highest BCUT2D eigenvalue weighted by molar-refractivity contribution is 5.91. The smallest absolute Gasteiger partial charge is 0.416 e. The second-order valence-electron chi connectivity index (χ2n) is 7.32. The van der Waals surface area contributed by atoms with Crippen LogP contribution in [-0.2, 0) is 17.3 Å². The van der Waals surface area contributed by atoms with Crippen LogP contribution < -0.4 is 4.90 Å². The first-order valence-electron chi connectivity index (χ1n) is 8.33. The summed E-state index contributed by atoms with van der Waals surface area (Å²) in [5.74, 6) is 0. The highest BCUT2D eigenvalue weighted by Gasteiger charge is 2.38. The predicted octanol–water partition coefficient (Wildman–Crippen LogP) is 5.74. The highest BCUT2D eigenvalue weighted by atomic mass is 19.4. The quantitative estimate of drug-likeness (QED) is 0.646. The molecule has 1 aliphatic heterocycles. The van der Waals surface area contributed by atoms with E-state index >= 15 is 0 Å². The van der Waals surface area contributed by atoms with Crippen LogP contribution in [0.25, 0.3) is 0 Å². The molecule has 0 saturated carbocycles. The van der Waals surface area contributed by atoms with Gasteiger partial charge < -0.3 is 4.74 Å². The molecule has 0 radical (unpaired) electrons. The van der Waals surface area contributed by atoms with Crippen molar-refractivity contribution in [1.82, 2.24) is 0 Å². The van der Waals surface area contributed by atoms with Gasteiger partial charge in [-0.3, -0.25) is 4.90 Å². The molecule has 1 aliphatic rings. The summed E-state index contributed by atoms with van der Waals surface area (Å²) in [6, 6.07) is 12.0. The zero-order chi connectivity index (χ0) is 19.1. The van der Waals surface area contributed by atoms with Crippen molar-refractivity contribution in [3.8, 4) is 0 Å². The van der Waals surface area contributed by atoms with Gasteiger partial charge in [-0.25, -0.2) is 4.79 Å². The van der Waals surface area contributed by atoms with E-state index in [1.807, 2.05) is 24.3 Å². The van der Waals surface area contributed by atoms with Gasteiger partial charge in [-0.2, -0.15) is 13.2 Å². The van der Waals surface area contributed by atoms with Crippen LogP contribution in [0.2, 0.25) is 0 Å². The Hall–Kier alpha value is -2.50. The van der Waals surface area contributed by atoms with Crippen LogP contribution in [0.3, 0.4) is 0 Å². The van der Waals surface area contributed by atoms with Crippen LogP contribution in [0.1, 0.15) is 43.5 Å². The number of anilines is 1. The van der Waals surface area contributed by atoms with E-state index in [0.29, 0.717) is 12.0 Å². The number of rotatable bonds is 1. The lowest BCUT2D eigenvalue weighted by Crippen LogP contribution is -2.37. The Morgan fingerprint density at radius 1 is 1.04 bits per heavy atom. The van der Waals surface area contributed by atoms with Crippen molar-refractivity contribution in [2.24, 2.45) is 0 Å². The minimum absolute atomic E-state index is 0.399. The Kier molecular flexibility index (Phi) is 4.46. The number of carbonyl (C=O) groups is 1. The number of fused-ring (bicyclic) bond motifs is 1. The van der Waals surface area contributed by atoms with Crippen molar-refractivity contribution in [2.45, 2.75) is 45.0 Å². The van der Waals surface area contributed by atoms with E-state index in [9.17, 15) is 18.0 Å². The average Bonchev–Trinajstić information content (AvgIpc) is 2.92. The Morgan fingerprint density at radius 3 is 2.23 bits per heavy atom. The fraction of sp³-hybridized carbons (Fsp3) is 0.350. The van der Waals surface area contributed by atoms with Gasteiger partial charge in [0.25, 0.3) is 0 Å². The molecule has 138 valence electrons. The zero-order valence-electron chi connectivity index (χ0n) is 14.8. The number of hydrogen-bond donors (Lipinski definition) is 0. The average molecular weight is 363 g/mol. The van der Waals surface area contributed by atoms with Crippen LogP contribution in [0, 0.1) is 0 Å². The minimum Gasteiger partial charge on any atom is -0.443 e. The molecule has 0 saturated heterocycles. The molecule has 0 fully saturated rings. The van der Waals surface area contributed by atoms with Gasteiger partial charge in [0.05, 0.1) is 17.3 Å². The molecule has 2 aromatic carbocycles. The van der Waals surface area contributed by atoms with Gasteiger partial charge >= 0.3 is 12.3 Å². The third kappa shape index (κ3) is 3.69. The topological polar surface area (TPSA) is 29.5 Å². The summed E-state index contributed by atoms with van der Waals surface area (Å²) in [7, 11) is 0. The monoisotopic (exact) mass is 363 g/mol. The van der Waals surface area contributed by atoms with E-state index in [1.54, 1.807) is 20.8 Å². The zero-order valence-corrected chi connectivity index (χ0v) is 14.8. The maximum atomic E-state index is 12.8. The second-order valence-corrected chi connectivity index (χ2v) is 7.32. The van der Waals surface area contributed by atoms with Crippen LogP contribution in [0.5, 0.6) is 0 Å². The molecule has 2 aromatic rings. The van der Waals surface area contributed by atoms with Crippen molar-refractivity contribution in [3.05, 3.63) is 65.2 Å². The lowest BCUT2D eigenvalue weighted by molar-refractivity contribution is -0.137. The van der Waals surface area contributed by atoms with Crippen LogP contribution >= 0.6 is 0 Å². The Morgan fingerprint density at radius 2 is 1.65 bits per heavy atom. The number of hydrogen-bond acceptors (Lipinski definition) is 2. The van der Waals surface area contributed by atoms with Crippen molar-refractivity contribution < 1.29 is 22.7 Å². The Bertz CT molecular complexity index is 807. The first-order valence-corrected chi connectivity index (χ1v) is 8.33. The third-order valence-corrected chi connectivity index (χ3v) is 4.19. The molecule has 0 bridgehead atoms. The molecule has 3 nitrogen and oxygen atoms in total. The van der Waals surface area contributed by atoms with Gasteiger partial charge in [0.2, 0.25) is 0 Å². The Labute approximate surface area is 150 Å². The molecule has 6 heteroatoms. The molecule has 1 amide bonds. The molecule has 0 N–H and O–H groups in total. The van der Waals surface area contributed by atoms with Crippen molar-refractivity contribution in [1.29, 1.82) is 0 Å². The number of nitrogens with zero attached hydrogens (tertiary/aromatic N) is 1. The molecule has 26 heavy (non-hydrogen) atoms. The van der Waals surface area contributed by atoms with E-state index < -0.39 is 29.5 Å². The van der Waals surface area contributed by atoms with E-state index in [-0.39, 0.29) is 0 Å². The molecule has 3 rings (SSSR count). The first kappa shape index (κ1) is 18.3. The molecule has 0 aliphatic carbocycles. The summed E-state index contributed by atoms with van der Waals surface area (Å²) in [6.45, 7) is 5.33. The van der Waals surface area contributed by atoms with Gasteiger partial charge in [0, 0.05) is 0 Å². The second kappa shape index (κ2) is 6.34. The van der Waals surface area contributed by atoms with Gasteiger partial charge in [-0.05, 0) is 56.5 Å². The molecular formula is C20H20F3NO2. The molecular weight excluding hydrogens is 343 g/mol. The van der Waals surface area contributed by atoms with Crippen molar-refractivity contribution >= 4 is 11.8 Å². The number of alkyl halides is 3. The highest BCUT2D eigenvalue weighted by Crippen LogP contribution is 2.41. The fourth-order valence-corrected chi connectivity index (χ4v) is 3.08. The summed E-state index contributed by atoms with van der Waals surface area (Å²) in [5, 5.41) is 0. The minimum atomic E-state index is -4.39. The summed E-state index contributed by atoms with van der Waals surface area (Å²) < 4.78 is 44.0. The number of carbonyl (C=O) groups excluding carboxylic acids is 1. The summed E-state index contributed by atoms with van der Waals surface area (Å²) in [6.07, 6.45) is -4.37. The maximum absolute atomic E-state index is 12.8. The van der Waals surface area contributed by atoms with Crippen LogP contribution in [0.15, 0.2) is 48.5 Å². The van der Waals surface area contributed by atoms with E-state index in [1.165, 1.54) is 17.0 Å². The number of amides is 1. The van der Waals surface area contributed by atoms with E-state index in [0.717, 1.165) is 23.4 Å². The number of ether oxygens (including phenoxy) is 1. The van der Waals surface area contributed by atoms with E-state index in [4.69, 9.17) is 4.74 Å². The van der Waals surface area contributed by atoms with Gasteiger partial charge in [-0.1, -0.05) is 30.3 Å². The van der Waals surface area contributed by atoms with Crippen LogP contribution in [-0.4, -0.2) is 11.7 Å². The molecule has 0 aromatic heterocycles. The van der Waals surface area contributed by atoms with Crippen molar-refractivity contribution in [2.75, 3.05) is 4.90 Å². The lowest BCUT2D eigenvalue weighted by Gasteiger charge is -2.29. The standard InChI is InChI=1S/C20H20F3NO2/c1-19(2,3)26-18(25)24-16-7-5-4-6-14(16)12-17(24)13-8-10-15(11-9-13)20(21,22)23/h4-11,17H,12H2,1-3H3.